The molecule has 0 aromatic carbocycles. The third-order valence-corrected chi connectivity index (χ3v) is 3.31. The van der Waals surface area contributed by atoms with E-state index >= 15 is 0 Å². The van der Waals surface area contributed by atoms with Crippen LogP contribution in [0.4, 0.5) is 11.8 Å². The Morgan fingerprint density at radius 3 is 2.59 bits per heavy atom. The molecule has 1 saturated carbocycles. The molecule has 0 atom stereocenters. The van der Waals surface area contributed by atoms with Crippen LogP contribution in [0.5, 0.6) is 0 Å². The molecular formula is C13H22N4. The van der Waals surface area contributed by atoms with Gasteiger partial charge in [0.2, 0.25) is 5.95 Å². The summed E-state index contributed by atoms with van der Waals surface area (Å²) in [5.74, 6) is 1.77. The second kappa shape index (κ2) is 5.34. The van der Waals surface area contributed by atoms with Crippen LogP contribution < -0.4 is 10.2 Å². The fourth-order valence-electron chi connectivity index (χ4n) is 2.38. The first-order valence-electron chi connectivity index (χ1n) is 6.44. The Kier molecular flexibility index (Phi) is 3.82. The maximum absolute atomic E-state index is 4.57. The number of nitrogens with zero attached hydrogens (tertiary/aromatic N) is 3. The number of rotatable bonds is 3. The van der Waals surface area contributed by atoms with Gasteiger partial charge in [-0.1, -0.05) is 19.3 Å². The minimum atomic E-state index is 0.557. The predicted molar refractivity (Wildman–Crippen MR) is 71.6 cm³/mol. The molecule has 1 aromatic heterocycles. The maximum atomic E-state index is 4.57. The Morgan fingerprint density at radius 2 is 1.94 bits per heavy atom. The summed E-state index contributed by atoms with van der Waals surface area (Å²) < 4.78 is 0. The maximum Gasteiger partial charge on any atom is 0.224 e. The first-order valence-corrected chi connectivity index (χ1v) is 6.44. The number of aromatic nitrogens is 2. The lowest BCUT2D eigenvalue weighted by molar-refractivity contribution is 0.461. The van der Waals surface area contributed by atoms with Crippen LogP contribution in [0.3, 0.4) is 0 Å². The molecule has 94 valence electrons. The molecule has 17 heavy (non-hydrogen) atoms. The molecule has 0 aliphatic heterocycles. The lowest BCUT2D eigenvalue weighted by atomic mass is 9.96. The summed E-state index contributed by atoms with van der Waals surface area (Å²) in [5, 5.41) is 3.45. The molecule has 1 aliphatic rings. The van der Waals surface area contributed by atoms with Gasteiger partial charge in [-0.2, -0.15) is 4.98 Å². The van der Waals surface area contributed by atoms with Crippen molar-refractivity contribution in [3.63, 3.8) is 0 Å². The van der Waals surface area contributed by atoms with Crippen molar-refractivity contribution in [3.8, 4) is 0 Å². The zero-order valence-corrected chi connectivity index (χ0v) is 11.0. The van der Waals surface area contributed by atoms with Crippen LogP contribution in [-0.2, 0) is 0 Å². The van der Waals surface area contributed by atoms with E-state index < -0.39 is 0 Å². The smallest absolute Gasteiger partial charge is 0.224 e. The molecular weight excluding hydrogens is 212 g/mol. The lowest BCUT2D eigenvalue weighted by Gasteiger charge is -2.23. The Balaban J connectivity index is 2.07. The van der Waals surface area contributed by atoms with E-state index in [1.54, 1.807) is 0 Å². The predicted octanol–water partition coefficient (Wildman–Crippen LogP) is 2.60. The van der Waals surface area contributed by atoms with Crippen molar-refractivity contribution in [1.29, 1.82) is 0 Å². The normalized spacial score (nSPS) is 16.9. The van der Waals surface area contributed by atoms with Crippen molar-refractivity contribution < 1.29 is 0 Å². The largest absolute Gasteiger partial charge is 0.362 e. The summed E-state index contributed by atoms with van der Waals surface area (Å²) in [6, 6.07) is 0.557. The number of aryl methyl sites for hydroxylation is 1. The standard InChI is InChI=1S/C13H22N4/c1-10-9-14-13(16-12(10)17(2)3)15-11-7-5-4-6-8-11/h9,11H,4-8H2,1-3H3,(H,14,15,16). The molecule has 4 nitrogen and oxygen atoms in total. The minimum absolute atomic E-state index is 0.557. The SMILES string of the molecule is Cc1cnc(NC2CCCCC2)nc1N(C)C. The number of nitrogens with one attached hydrogen (secondary N) is 1. The quantitative estimate of drug-likeness (QED) is 0.872. The topological polar surface area (TPSA) is 41.1 Å². The number of anilines is 2. The van der Waals surface area contributed by atoms with Gasteiger partial charge in [-0.05, 0) is 19.8 Å². The molecule has 0 unspecified atom stereocenters. The highest BCUT2D eigenvalue weighted by atomic mass is 15.2. The van der Waals surface area contributed by atoms with E-state index in [0.717, 1.165) is 17.3 Å². The van der Waals surface area contributed by atoms with Crippen LogP contribution in [0.1, 0.15) is 37.7 Å². The van der Waals surface area contributed by atoms with Crippen LogP contribution in [0, 0.1) is 6.92 Å². The van der Waals surface area contributed by atoms with Crippen molar-refractivity contribution >= 4 is 11.8 Å². The highest BCUT2D eigenvalue weighted by molar-refractivity contribution is 5.47. The van der Waals surface area contributed by atoms with Crippen LogP contribution in [-0.4, -0.2) is 30.1 Å². The molecule has 1 fully saturated rings. The fraction of sp³-hybridized carbons (Fsp3) is 0.692. The molecule has 1 heterocycles. The van der Waals surface area contributed by atoms with E-state index in [2.05, 4.69) is 15.3 Å². The second-order valence-electron chi connectivity index (χ2n) is 5.07. The van der Waals surface area contributed by atoms with Gasteiger partial charge in [-0.3, -0.25) is 0 Å². The number of hydrogen-bond donors (Lipinski definition) is 1. The first-order chi connectivity index (χ1) is 8.16. The lowest BCUT2D eigenvalue weighted by Crippen LogP contribution is -2.24. The zero-order chi connectivity index (χ0) is 12.3. The summed E-state index contributed by atoms with van der Waals surface area (Å²) in [4.78, 5) is 11.0. The van der Waals surface area contributed by atoms with Gasteiger partial charge in [0.25, 0.3) is 0 Å². The van der Waals surface area contributed by atoms with Gasteiger partial charge in [-0.25, -0.2) is 4.98 Å². The number of hydrogen-bond acceptors (Lipinski definition) is 4. The third-order valence-electron chi connectivity index (χ3n) is 3.31. The average Bonchev–Trinajstić information content (AvgIpc) is 2.32. The minimum Gasteiger partial charge on any atom is -0.362 e. The fourth-order valence-corrected chi connectivity index (χ4v) is 2.38. The van der Waals surface area contributed by atoms with Gasteiger partial charge in [-0.15, -0.1) is 0 Å². The van der Waals surface area contributed by atoms with Crippen molar-refractivity contribution in [2.24, 2.45) is 0 Å². The Morgan fingerprint density at radius 1 is 1.24 bits per heavy atom. The van der Waals surface area contributed by atoms with Crippen molar-refractivity contribution in [2.75, 3.05) is 24.3 Å². The summed E-state index contributed by atoms with van der Waals surface area (Å²) in [6.45, 7) is 2.04. The van der Waals surface area contributed by atoms with Crippen LogP contribution >= 0.6 is 0 Å². The highest BCUT2D eigenvalue weighted by Gasteiger charge is 2.14. The van der Waals surface area contributed by atoms with Gasteiger partial charge in [0.1, 0.15) is 5.82 Å². The second-order valence-corrected chi connectivity index (χ2v) is 5.07. The molecule has 1 aliphatic carbocycles. The molecule has 1 aromatic rings. The highest BCUT2D eigenvalue weighted by Crippen LogP contribution is 2.21. The Bertz CT molecular complexity index is 370. The third kappa shape index (κ3) is 3.08. The zero-order valence-electron chi connectivity index (χ0n) is 11.0. The summed E-state index contributed by atoms with van der Waals surface area (Å²) >= 11 is 0. The van der Waals surface area contributed by atoms with E-state index in [1.165, 1.54) is 32.1 Å². The van der Waals surface area contributed by atoms with Crippen LogP contribution in [0.25, 0.3) is 0 Å². The van der Waals surface area contributed by atoms with Gasteiger partial charge < -0.3 is 10.2 Å². The molecule has 1 N–H and O–H groups in total. The summed E-state index contributed by atoms with van der Waals surface area (Å²) in [5.41, 5.74) is 1.11. The van der Waals surface area contributed by atoms with Crippen molar-refractivity contribution in [1.82, 2.24) is 9.97 Å². The van der Waals surface area contributed by atoms with Gasteiger partial charge in [0.05, 0.1) is 0 Å². The molecule has 0 amide bonds. The van der Waals surface area contributed by atoms with Gasteiger partial charge in [0.15, 0.2) is 0 Å². The summed E-state index contributed by atoms with van der Waals surface area (Å²) in [6.07, 6.45) is 8.40. The average molecular weight is 234 g/mol. The molecule has 0 bridgehead atoms. The summed E-state index contributed by atoms with van der Waals surface area (Å²) in [7, 11) is 4.03. The van der Waals surface area contributed by atoms with Gasteiger partial charge in [0, 0.05) is 31.9 Å². The van der Waals surface area contributed by atoms with E-state index in [9.17, 15) is 0 Å². The van der Waals surface area contributed by atoms with Crippen LogP contribution in [0.2, 0.25) is 0 Å². The van der Waals surface area contributed by atoms with E-state index in [-0.39, 0.29) is 0 Å². The van der Waals surface area contributed by atoms with E-state index in [0.29, 0.717) is 6.04 Å². The molecule has 2 rings (SSSR count). The Labute approximate surface area is 103 Å². The van der Waals surface area contributed by atoms with Crippen LogP contribution in [0.15, 0.2) is 6.20 Å². The monoisotopic (exact) mass is 234 g/mol. The van der Waals surface area contributed by atoms with Crippen molar-refractivity contribution in [2.45, 2.75) is 45.1 Å². The van der Waals surface area contributed by atoms with Crippen molar-refractivity contribution in [3.05, 3.63) is 11.8 Å². The molecule has 0 radical (unpaired) electrons. The first kappa shape index (κ1) is 12.1. The van der Waals surface area contributed by atoms with E-state index in [4.69, 9.17) is 0 Å². The molecule has 0 saturated heterocycles. The van der Waals surface area contributed by atoms with E-state index in [1.807, 2.05) is 32.1 Å². The van der Waals surface area contributed by atoms with Gasteiger partial charge >= 0.3 is 0 Å². The molecule has 4 heteroatoms. The Hall–Kier alpha value is -1.32. The molecule has 0 spiro atoms.